The van der Waals surface area contributed by atoms with Gasteiger partial charge in [-0.25, -0.2) is 5.43 Å². The zero-order valence-corrected chi connectivity index (χ0v) is 14.5. The molecule has 0 saturated carbocycles. The first-order valence-electron chi connectivity index (χ1n) is 7.06. The third kappa shape index (κ3) is 4.53. The molecule has 114 valence electrons. The van der Waals surface area contributed by atoms with Crippen LogP contribution in [0.4, 0.5) is 0 Å². The largest absolute Gasteiger partial charge is 0.271 e. The van der Waals surface area contributed by atoms with Gasteiger partial charge in [0, 0.05) is 10.0 Å². The third-order valence-electron chi connectivity index (χ3n) is 3.26. The van der Waals surface area contributed by atoms with Crippen molar-refractivity contribution >= 4 is 28.1 Å². The lowest BCUT2D eigenvalue weighted by molar-refractivity contribution is 0.0955. The highest BCUT2D eigenvalue weighted by molar-refractivity contribution is 9.10. The van der Waals surface area contributed by atoms with Crippen molar-refractivity contribution in [2.45, 2.75) is 26.2 Å². The first-order valence-corrected chi connectivity index (χ1v) is 7.85. The smallest absolute Gasteiger partial charge is 0.267 e. The number of amides is 1. The van der Waals surface area contributed by atoms with Gasteiger partial charge < -0.3 is 0 Å². The molecule has 0 heterocycles. The molecule has 2 aromatic carbocycles. The lowest BCUT2D eigenvalue weighted by atomic mass is 9.87. The van der Waals surface area contributed by atoms with Crippen molar-refractivity contribution in [3.63, 3.8) is 0 Å². The molecule has 4 heteroatoms. The summed E-state index contributed by atoms with van der Waals surface area (Å²) in [5.41, 5.74) is 5.45. The molecule has 0 atom stereocenters. The van der Waals surface area contributed by atoms with Crippen LogP contribution in [0, 0.1) is 0 Å². The summed E-state index contributed by atoms with van der Waals surface area (Å²) in [7, 11) is 0. The van der Waals surface area contributed by atoms with Crippen molar-refractivity contribution in [2.75, 3.05) is 0 Å². The Hall–Kier alpha value is -1.94. The minimum Gasteiger partial charge on any atom is -0.267 e. The number of carbonyl (C=O) groups is 1. The lowest BCUT2D eigenvalue weighted by Crippen LogP contribution is -2.17. The molecule has 1 N–H and O–H groups in total. The SMILES string of the molecule is CC(C)(C)c1ccc(C=NNC(=O)c2ccc(Br)cc2)cc1. The fourth-order valence-electron chi connectivity index (χ4n) is 1.90. The summed E-state index contributed by atoms with van der Waals surface area (Å²) >= 11 is 3.34. The molecule has 0 aromatic heterocycles. The molecule has 0 radical (unpaired) electrons. The number of halogens is 1. The molecule has 0 unspecified atom stereocenters. The van der Waals surface area contributed by atoms with Crippen molar-refractivity contribution in [1.29, 1.82) is 0 Å². The molecule has 3 nitrogen and oxygen atoms in total. The second-order valence-corrected chi connectivity index (χ2v) is 6.99. The molecule has 2 rings (SSSR count). The molecule has 0 spiro atoms. The zero-order chi connectivity index (χ0) is 16.2. The van der Waals surface area contributed by atoms with E-state index >= 15 is 0 Å². The maximum atomic E-state index is 11.9. The van der Waals surface area contributed by atoms with Gasteiger partial charge in [0.05, 0.1) is 6.21 Å². The lowest BCUT2D eigenvalue weighted by Gasteiger charge is -2.18. The van der Waals surface area contributed by atoms with E-state index < -0.39 is 0 Å². The van der Waals surface area contributed by atoms with Gasteiger partial charge in [-0.1, -0.05) is 61.0 Å². The normalized spacial score (nSPS) is 11.6. The summed E-state index contributed by atoms with van der Waals surface area (Å²) < 4.78 is 0.937. The number of hydrazone groups is 1. The molecule has 0 fully saturated rings. The average Bonchev–Trinajstić information content (AvgIpc) is 2.47. The molecule has 1 amide bonds. The maximum Gasteiger partial charge on any atom is 0.271 e. The monoisotopic (exact) mass is 358 g/mol. The van der Waals surface area contributed by atoms with E-state index in [0.717, 1.165) is 10.0 Å². The Bertz CT molecular complexity index is 668. The van der Waals surface area contributed by atoms with Gasteiger partial charge in [0.15, 0.2) is 0 Å². The zero-order valence-electron chi connectivity index (χ0n) is 12.9. The van der Waals surface area contributed by atoms with E-state index in [1.54, 1.807) is 18.3 Å². The number of hydrogen-bond acceptors (Lipinski definition) is 2. The Kier molecular flexibility index (Phi) is 5.14. The van der Waals surface area contributed by atoms with Crippen molar-refractivity contribution in [1.82, 2.24) is 5.43 Å². The van der Waals surface area contributed by atoms with Crippen molar-refractivity contribution in [3.05, 3.63) is 69.7 Å². The van der Waals surface area contributed by atoms with E-state index in [-0.39, 0.29) is 11.3 Å². The van der Waals surface area contributed by atoms with Crippen LogP contribution >= 0.6 is 15.9 Å². The quantitative estimate of drug-likeness (QED) is 0.636. The van der Waals surface area contributed by atoms with Crippen LogP contribution in [0.25, 0.3) is 0 Å². The fourth-order valence-corrected chi connectivity index (χ4v) is 2.16. The minimum atomic E-state index is -0.227. The molecule has 0 bridgehead atoms. The van der Waals surface area contributed by atoms with E-state index in [9.17, 15) is 4.79 Å². The van der Waals surface area contributed by atoms with Crippen molar-refractivity contribution < 1.29 is 4.79 Å². The Labute approximate surface area is 139 Å². The minimum absolute atomic E-state index is 0.130. The second-order valence-electron chi connectivity index (χ2n) is 6.08. The van der Waals surface area contributed by atoms with Gasteiger partial charge in [-0.15, -0.1) is 0 Å². The average molecular weight is 359 g/mol. The predicted octanol–water partition coefficient (Wildman–Crippen LogP) is 4.51. The standard InChI is InChI=1S/C18H19BrN2O/c1-18(2,3)15-8-4-13(5-9-15)12-20-21-17(22)14-6-10-16(19)11-7-14/h4-12H,1-3H3,(H,21,22). The Morgan fingerprint density at radius 1 is 1.05 bits per heavy atom. The Morgan fingerprint density at radius 2 is 1.64 bits per heavy atom. The predicted molar refractivity (Wildman–Crippen MR) is 94.3 cm³/mol. The van der Waals surface area contributed by atoms with Gasteiger partial charge in [-0.3, -0.25) is 4.79 Å². The summed E-state index contributed by atoms with van der Waals surface area (Å²) in [6.45, 7) is 6.53. The summed E-state index contributed by atoms with van der Waals surface area (Å²) in [5, 5.41) is 4.00. The highest BCUT2D eigenvalue weighted by atomic mass is 79.9. The van der Waals surface area contributed by atoms with Crippen LogP contribution in [0.3, 0.4) is 0 Å². The van der Waals surface area contributed by atoms with Gasteiger partial charge >= 0.3 is 0 Å². The van der Waals surface area contributed by atoms with Crippen LogP contribution in [0.1, 0.15) is 42.3 Å². The van der Waals surface area contributed by atoms with Gasteiger partial charge in [0.25, 0.3) is 5.91 Å². The maximum absolute atomic E-state index is 11.9. The van der Waals surface area contributed by atoms with Gasteiger partial charge in [-0.2, -0.15) is 5.10 Å². The summed E-state index contributed by atoms with van der Waals surface area (Å²) in [5.74, 6) is -0.227. The first kappa shape index (κ1) is 16.4. The van der Waals surface area contributed by atoms with Gasteiger partial charge in [0.1, 0.15) is 0 Å². The molecular weight excluding hydrogens is 340 g/mol. The van der Waals surface area contributed by atoms with Crippen LogP contribution in [0.2, 0.25) is 0 Å². The third-order valence-corrected chi connectivity index (χ3v) is 3.79. The van der Waals surface area contributed by atoms with Crippen molar-refractivity contribution in [2.24, 2.45) is 5.10 Å². The number of nitrogens with one attached hydrogen (secondary N) is 1. The van der Waals surface area contributed by atoms with Crippen LogP contribution in [0.15, 0.2) is 58.1 Å². The van der Waals surface area contributed by atoms with E-state index in [0.29, 0.717) is 5.56 Å². The number of rotatable bonds is 3. The fraction of sp³-hybridized carbons (Fsp3) is 0.222. The number of nitrogens with zero attached hydrogens (tertiary/aromatic N) is 1. The molecule has 22 heavy (non-hydrogen) atoms. The molecule has 0 aliphatic rings. The highest BCUT2D eigenvalue weighted by Gasteiger charge is 2.12. The molecule has 0 saturated heterocycles. The molecule has 0 aliphatic carbocycles. The van der Waals surface area contributed by atoms with Crippen molar-refractivity contribution in [3.8, 4) is 0 Å². The Balaban J connectivity index is 1.97. The van der Waals surface area contributed by atoms with E-state index in [1.807, 2.05) is 24.3 Å². The van der Waals surface area contributed by atoms with Gasteiger partial charge in [0.2, 0.25) is 0 Å². The van der Waals surface area contributed by atoms with E-state index in [4.69, 9.17) is 0 Å². The van der Waals surface area contributed by atoms with Crippen LogP contribution < -0.4 is 5.43 Å². The van der Waals surface area contributed by atoms with Crippen LogP contribution in [-0.4, -0.2) is 12.1 Å². The topological polar surface area (TPSA) is 41.5 Å². The van der Waals surface area contributed by atoms with E-state index in [2.05, 4.69) is 59.4 Å². The number of benzene rings is 2. The first-order chi connectivity index (χ1) is 10.4. The van der Waals surface area contributed by atoms with E-state index in [1.165, 1.54) is 5.56 Å². The Morgan fingerprint density at radius 3 is 2.18 bits per heavy atom. The molecular formula is C18H19BrN2O. The molecule has 2 aromatic rings. The summed E-state index contributed by atoms with van der Waals surface area (Å²) in [6.07, 6.45) is 1.64. The van der Waals surface area contributed by atoms with Crippen LogP contribution in [-0.2, 0) is 5.41 Å². The summed E-state index contributed by atoms with van der Waals surface area (Å²) in [6, 6.07) is 15.3. The molecule has 0 aliphatic heterocycles. The number of carbonyl (C=O) groups excluding carboxylic acids is 1. The van der Waals surface area contributed by atoms with Crippen LogP contribution in [0.5, 0.6) is 0 Å². The second kappa shape index (κ2) is 6.88. The highest BCUT2D eigenvalue weighted by Crippen LogP contribution is 2.21. The van der Waals surface area contributed by atoms with Gasteiger partial charge in [-0.05, 0) is 40.8 Å². The summed E-state index contributed by atoms with van der Waals surface area (Å²) in [4.78, 5) is 11.9. The number of hydrogen-bond donors (Lipinski definition) is 1.